The quantitative estimate of drug-likeness (QED) is 0.264. The molecular weight excluding hydrogens is 469 g/mol. The van der Waals surface area contributed by atoms with Gasteiger partial charge in [0.1, 0.15) is 17.2 Å². The van der Waals surface area contributed by atoms with Crippen LogP contribution in [0.2, 0.25) is 0 Å². The van der Waals surface area contributed by atoms with Gasteiger partial charge >= 0.3 is 0 Å². The van der Waals surface area contributed by atoms with Crippen molar-refractivity contribution < 1.29 is 14.2 Å². The number of guanidine groups is 1. The summed E-state index contributed by atoms with van der Waals surface area (Å²) in [5.74, 6) is 3.35. The van der Waals surface area contributed by atoms with E-state index in [2.05, 4.69) is 21.7 Å². The lowest BCUT2D eigenvalue weighted by molar-refractivity contribution is 0.261. The van der Waals surface area contributed by atoms with Gasteiger partial charge in [0.25, 0.3) is 0 Å². The van der Waals surface area contributed by atoms with Crippen LogP contribution in [0, 0.1) is 0 Å². The topological polar surface area (TPSA) is 64.1 Å². The molecule has 152 valence electrons. The van der Waals surface area contributed by atoms with Gasteiger partial charge in [0.15, 0.2) is 5.96 Å². The van der Waals surface area contributed by atoms with Gasteiger partial charge in [-0.1, -0.05) is 24.3 Å². The van der Waals surface area contributed by atoms with Crippen molar-refractivity contribution >= 4 is 29.9 Å². The third-order valence-corrected chi connectivity index (χ3v) is 4.42. The number of halogens is 1. The van der Waals surface area contributed by atoms with Crippen LogP contribution in [0.15, 0.2) is 53.5 Å². The summed E-state index contributed by atoms with van der Waals surface area (Å²) in [6.07, 6.45) is 1.78. The Labute approximate surface area is 183 Å². The summed E-state index contributed by atoms with van der Waals surface area (Å²) in [6.45, 7) is 2.10. The second-order valence-electron chi connectivity index (χ2n) is 6.25. The monoisotopic (exact) mass is 497 g/mol. The van der Waals surface area contributed by atoms with Crippen molar-refractivity contribution in [3.05, 3.63) is 54.1 Å². The number of benzene rings is 2. The molecule has 1 aliphatic rings. The number of ether oxygens (including phenoxy) is 3. The summed E-state index contributed by atoms with van der Waals surface area (Å²) < 4.78 is 16.7. The summed E-state index contributed by atoms with van der Waals surface area (Å²) in [5, 5.41) is 6.84. The average molecular weight is 497 g/mol. The van der Waals surface area contributed by atoms with Crippen LogP contribution in [0.5, 0.6) is 17.2 Å². The third kappa shape index (κ3) is 6.19. The van der Waals surface area contributed by atoms with E-state index in [1.54, 1.807) is 14.2 Å². The molecule has 0 saturated heterocycles. The highest BCUT2D eigenvalue weighted by Crippen LogP contribution is 2.31. The summed E-state index contributed by atoms with van der Waals surface area (Å²) in [7, 11) is 3.44. The first kappa shape index (κ1) is 22.1. The number of hydrogen-bond acceptors (Lipinski definition) is 4. The minimum absolute atomic E-state index is 0. The van der Waals surface area contributed by atoms with E-state index in [4.69, 9.17) is 14.2 Å². The van der Waals surface area contributed by atoms with Crippen molar-refractivity contribution in [1.29, 1.82) is 0 Å². The molecule has 2 N–H and O–H groups in total. The molecule has 1 heterocycles. The van der Waals surface area contributed by atoms with Gasteiger partial charge in [-0.15, -0.1) is 24.0 Å². The number of para-hydroxylation sites is 1. The Morgan fingerprint density at radius 3 is 2.82 bits per heavy atom. The van der Waals surface area contributed by atoms with Gasteiger partial charge in [-0.2, -0.15) is 0 Å². The fraction of sp³-hybridized carbons (Fsp3) is 0.381. The van der Waals surface area contributed by atoms with Crippen LogP contribution in [-0.4, -0.2) is 39.9 Å². The normalized spacial score (nSPS) is 15.5. The van der Waals surface area contributed by atoms with Crippen molar-refractivity contribution in [2.24, 2.45) is 4.99 Å². The predicted octanol–water partition coefficient (Wildman–Crippen LogP) is 3.77. The number of methoxy groups -OCH3 is 1. The van der Waals surface area contributed by atoms with E-state index in [1.807, 2.05) is 42.5 Å². The lowest BCUT2D eigenvalue weighted by Crippen LogP contribution is -2.41. The zero-order chi connectivity index (χ0) is 18.9. The largest absolute Gasteiger partial charge is 0.497 e. The standard InChI is InChI=1S/C21H27N3O3.HI/c1-22-21(24-19-11-14-27-20-10-4-3-9-18(19)20)23-12-6-13-26-17-8-5-7-16(15-17)25-2;/h3-5,7-10,15,19H,6,11-14H2,1-2H3,(H2,22,23,24);1H. The molecule has 0 saturated carbocycles. The van der Waals surface area contributed by atoms with Crippen LogP contribution in [0.1, 0.15) is 24.4 Å². The molecule has 1 unspecified atom stereocenters. The Morgan fingerprint density at radius 2 is 2.00 bits per heavy atom. The Hall–Kier alpha value is -2.16. The Bertz CT molecular complexity index is 770. The number of rotatable bonds is 7. The lowest BCUT2D eigenvalue weighted by Gasteiger charge is -2.28. The maximum atomic E-state index is 5.76. The molecule has 0 aliphatic carbocycles. The molecule has 0 fully saturated rings. The minimum atomic E-state index is 0. The second kappa shape index (κ2) is 11.6. The lowest BCUT2D eigenvalue weighted by atomic mass is 10.0. The van der Waals surface area contributed by atoms with E-state index >= 15 is 0 Å². The van der Waals surface area contributed by atoms with E-state index in [-0.39, 0.29) is 30.0 Å². The number of fused-ring (bicyclic) bond motifs is 1. The van der Waals surface area contributed by atoms with Gasteiger partial charge in [-0.05, 0) is 24.6 Å². The summed E-state index contributed by atoms with van der Waals surface area (Å²) in [5.41, 5.74) is 1.17. The van der Waals surface area contributed by atoms with E-state index in [0.717, 1.165) is 42.6 Å². The molecule has 0 aromatic heterocycles. The molecule has 0 amide bonds. The number of nitrogens with zero attached hydrogens (tertiary/aromatic N) is 1. The maximum Gasteiger partial charge on any atom is 0.191 e. The van der Waals surface area contributed by atoms with Gasteiger partial charge in [-0.3, -0.25) is 4.99 Å². The third-order valence-electron chi connectivity index (χ3n) is 4.42. The molecule has 7 heteroatoms. The first-order valence-electron chi connectivity index (χ1n) is 9.26. The fourth-order valence-electron chi connectivity index (χ4n) is 3.01. The summed E-state index contributed by atoms with van der Waals surface area (Å²) in [6, 6.07) is 16.0. The van der Waals surface area contributed by atoms with Crippen molar-refractivity contribution in [3.8, 4) is 17.2 Å². The highest BCUT2D eigenvalue weighted by Gasteiger charge is 2.21. The zero-order valence-electron chi connectivity index (χ0n) is 16.3. The molecule has 6 nitrogen and oxygen atoms in total. The van der Waals surface area contributed by atoms with Crippen LogP contribution in [0.3, 0.4) is 0 Å². The average Bonchev–Trinajstić information content (AvgIpc) is 2.73. The Morgan fingerprint density at radius 1 is 1.18 bits per heavy atom. The van der Waals surface area contributed by atoms with Gasteiger partial charge in [0.2, 0.25) is 0 Å². The molecule has 28 heavy (non-hydrogen) atoms. The SMILES string of the molecule is CN=C(NCCCOc1cccc(OC)c1)NC1CCOc2ccccc21.I. The first-order valence-corrected chi connectivity index (χ1v) is 9.26. The minimum Gasteiger partial charge on any atom is -0.497 e. The van der Waals surface area contributed by atoms with Crippen LogP contribution in [0.4, 0.5) is 0 Å². The summed E-state index contributed by atoms with van der Waals surface area (Å²) >= 11 is 0. The Balaban J connectivity index is 0.00000280. The van der Waals surface area contributed by atoms with Crippen LogP contribution in [0.25, 0.3) is 0 Å². The highest BCUT2D eigenvalue weighted by atomic mass is 127. The van der Waals surface area contributed by atoms with E-state index in [1.165, 1.54) is 5.56 Å². The second-order valence-corrected chi connectivity index (χ2v) is 6.25. The first-order chi connectivity index (χ1) is 13.3. The molecule has 2 aromatic carbocycles. The smallest absolute Gasteiger partial charge is 0.191 e. The molecule has 0 radical (unpaired) electrons. The van der Waals surface area contributed by atoms with Crippen LogP contribution >= 0.6 is 24.0 Å². The van der Waals surface area contributed by atoms with E-state index in [9.17, 15) is 0 Å². The molecule has 1 atom stereocenters. The van der Waals surface area contributed by atoms with E-state index in [0.29, 0.717) is 13.2 Å². The molecule has 1 aliphatic heterocycles. The Kier molecular flexibility index (Phi) is 9.19. The highest BCUT2D eigenvalue weighted by molar-refractivity contribution is 14.0. The van der Waals surface area contributed by atoms with Crippen LogP contribution in [-0.2, 0) is 0 Å². The number of nitrogens with one attached hydrogen (secondary N) is 2. The van der Waals surface area contributed by atoms with Crippen molar-refractivity contribution in [1.82, 2.24) is 10.6 Å². The van der Waals surface area contributed by atoms with Gasteiger partial charge in [0.05, 0.1) is 26.4 Å². The molecule has 3 rings (SSSR count). The molecule has 2 aromatic rings. The number of aliphatic imine (C=N–C) groups is 1. The molecular formula is C21H28IN3O3. The van der Waals surface area contributed by atoms with Crippen molar-refractivity contribution in [2.45, 2.75) is 18.9 Å². The fourth-order valence-corrected chi connectivity index (χ4v) is 3.01. The summed E-state index contributed by atoms with van der Waals surface area (Å²) in [4.78, 5) is 4.33. The maximum absolute atomic E-state index is 5.76. The van der Waals surface area contributed by atoms with Crippen LogP contribution < -0.4 is 24.8 Å². The number of hydrogen-bond donors (Lipinski definition) is 2. The predicted molar refractivity (Wildman–Crippen MR) is 122 cm³/mol. The van der Waals surface area contributed by atoms with E-state index < -0.39 is 0 Å². The zero-order valence-corrected chi connectivity index (χ0v) is 18.6. The van der Waals surface area contributed by atoms with Gasteiger partial charge in [-0.25, -0.2) is 0 Å². The van der Waals surface area contributed by atoms with Gasteiger partial charge in [0, 0.05) is 31.6 Å². The van der Waals surface area contributed by atoms with Gasteiger partial charge < -0.3 is 24.8 Å². The van der Waals surface area contributed by atoms with Crippen molar-refractivity contribution in [3.63, 3.8) is 0 Å². The van der Waals surface area contributed by atoms with Crippen molar-refractivity contribution in [2.75, 3.05) is 33.9 Å². The molecule has 0 spiro atoms. The molecule has 0 bridgehead atoms.